The fraction of sp³-hybridized carbons (Fsp3) is 0.556. The second-order valence-corrected chi connectivity index (χ2v) is 6.38. The van der Waals surface area contributed by atoms with Gasteiger partial charge in [0.1, 0.15) is 5.41 Å². The third-order valence-corrected chi connectivity index (χ3v) is 4.74. The highest BCUT2D eigenvalue weighted by molar-refractivity contribution is 6.14. The van der Waals surface area contributed by atoms with Gasteiger partial charge in [0.2, 0.25) is 11.8 Å². The highest BCUT2D eigenvalue weighted by atomic mass is 16.5. The number of amides is 2. The number of nitrogens with zero attached hydrogens (tertiary/aromatic N) is 2. The zero-order chi connectivity index (χ0) is 16.4. The van der Waals surface area contributed by atoms with E-state index in [1.807, 2.05) is 38.1 Å². The van der Waals surface area contributed by atoms with Gasteiger partial charge in [0, 0.05) is 25.3 Å². The number of hydrogen-bond acceptors (Lipinski definition) is 3. The molecule has 0 bridgehead atoms. The Morgan fingerprint density at radius 1 is 1.26 bits per heavy atom. The van der Waals surface area contributed by atoms with E-state index in [2.05, 4.69) is 0 Å². The molecule has 1 aromatic rings. The molecule has 1 aliphatic heterocycles. The van der Waals surface area contributed by atoms with Gasteiger partial charge in [-0.3, -0.25) is 9.59 Å². The van der Waals surface area contributed by atoms with Crippen LogP contribution in [0, 0.1) is 12.3 Å². The first-order valence-corrected chi connectivity index (χ1v) is 8.34. The Morgan fingerprint density at radius 3 is 2.52 bits per heavy atom. The van der Waals surface area contributed by atoms with Crippen molar-refractivity contribution >= 4 is 17.5 Å². The Bertz CT molecular complexity index is 604. The number of rotatable bonds is 4. The summed E-state index contributed by atoms with van der Waals surface area (Å²) in [5.74, 6) is -0.0704. The minimum absolute atomic E-state index is 0.0168. The summed E-state index contributed by atoms with van der Waals surface area (Å²) in [4.78, 5) is 29.5. The third kappa shape index (κ3) is 2.98. The van der Waals surface area contributed by atoms with E-state index in [1.54, 1.807) is 9.80 Å². The molecule has 124 valence electrons. The maximum absolute atomic E-state index is 13.1. The first kappa shape index (κ1) is 16.0. The summed E-state index contributed by atoms with van der Waals surface area (Å²) in [5, 5.41) is 0. The topological polar surface area (TPSA) is 49.9 Å². The van der Waals surface area contributed by atoms with Crippen LogP contribution in [0.25, 0.3) is 0 Å². The minimum Gasteiger partial charge on any atom is -0.378 e. The summed E-state index contributed by atoms with van der Waals surface area (Å²) < 4.78 is 5.31. The van der Waals surface area contributed by atoms with Crippen LogP contribution in [0.15, 0.2) is 24.3 Å². The maximum Gasteiger partial charge on any atom is 0.242 e. The minimum atomic E-state index is -0.836. The first-order chi connectivity index (χ1) is 11.1. The van der Waals surface area contributed by atoms with Crippen molar-refractivity contribution in [2.24, 2.45) is 5.41 Å². The lowest BCUT2D eigenvalue weighted by Gasteiger charge is -2.32. The van der Waals surface area contributed by atoms with Crippen molar-refractivity contribution in [2.45, 2.75) is 26.7 Å². The van der Waals surface area contributed by atoms with E-state index in [9.17, 15) is 9.59 Å². The lowest BCUT2D eigenvalue weighted by Crippen LogP contribution is -2.50. The van der Waals surface area contributed by atoms with Crippen molar-refractivity contribution in [3.63, 3.8) is 0 Å². The van der Waals surface area contributed by atoms with Crippen LogP contribution in [0.3, 0.4) is 0 Å². The number of aryl methyl sites for hydroxylation is 1. The molecule has 1 aromatic carbocycles. The molecule has 1 saturated carbocycles. The van der Waals surface area contributed by atoms with Crippen molar-refractivity contribution in [1.82, 2.24) is 4.90 Å². The molecule has 3 rings (SSSR count). The van der Waals surface area contributed by atoms with Crippen molar-refractivity contribution in [3.05, 3.63) is 29.8 Å². The predicted molar refractivity (Wildman–Crippen MR) is 88.3 cm³/mol. The van der Waals surface area contributed by atoms with Gasteiger partial charge in [0.25, 0.3) is 0 Å². The molecule has 0 spiro atoms. The number of carbonyl (C=O) groups is 2. The molecule has 1 aliphatic carbocycles. The highest BCUT2D eigenvalue weighted by Gasteiger charge is 2.59. The normalized spacial score (nSPS) is 19.3. The van der Waals surface area contributed by atoms with E-state index in [4.69, 9.17) is 4.74 Å². The summed E-state index contributed by atoms with van der Waals surface area (Å²) >= 11 is 0. The molecule has 2 aliphatic rings. The van der Waals surface area contributed by atoms with Crippen LogP contribution in [0.5, 0.6) is 0 Å². The Morgan fingerprint density at radius 2 is 1.96 bits per heavy atom. The average Bonchev–Trinajstić information content (AvgIpc) is 3.37. The first-order valence-electron chi connectivity index (χ1n) is 8.34. The molecule has 0 aromatic heterocycles. The van der Waals surface area contributed by atoms with Gasteiger partial charge in [-0.05, 0) is 44.4 Å². The largest absolute Gasteiger partial charge is 0.378 e. The van der Waals surface area contributed by atoms with Crippen LogP contribution in [0.4, 0.5) is 5.69 Å². The van der Waals surface area contributed by atoms with Crippen LogP contribution in [-0.2, 0) is 14.3 Å². The second-order valence-electron chi connectivity index (χ2n) is 6.38. The van der Waals surface area contributed by atoms with E-state index < -0.39 is 5.41 Å². The zero-order valence-corrected chi connectivity index (χ0v) is 13.9. The average molecular weight is 316 g/mol. The van der Waals surface area contributed by atoms with Gasteiger partial charge < -0.3 is 14.5 Å². The van der Waals surface area contributed by atoms with E-state index in [0.29, 0.717) is 45.7 Å². The Balaban J connectivity index is 1.81. The van der Waals surface area contributed by atoms with Crippen molar-refractivity contribution in [2.75, 3.05) is 37.7 Å². The number of anilines is 1. The van der Waals surface area contributed by atoms with Crippen molar-refractivity contribution in [1.29, 1.82) is 0 Å². The van der Waals surface area contributed by atoms with Crippen LogP contribution in [-0.4, -0.2) is 49.6 Å². The van der Waals surface area contributed by atoms with Crippen LogP contribution in [0.1, 0.15) is 25.3 Å². The fourth-order valence-corrected chi connectivity index (χ4v) is 3.21. The molecule has 1 heterocycles. The van der Waals surface area contributed by atoms with Crippen molar-refractivity contribution < 1.29 is 14.3 Å². The number of ether oxygens (including phenoxy) is 1. The van der Waals surface area contributed by atoms with Crippen LogP contribution in [0.2, 0.25) is 0 Å². The quantitative estimate of drug-likeness (QED) is 0.798. The van der Waals surface area contributed by atoms with Gasteiger partial charge in [-0.2, -0.15) is 0 Å². The molecule has 5 nitrogen and oxygen atoms in total. The van der Waals surface area contributed by atoms with Gasteiger partial charge >= 0.3 is 0 Å². The molecular weight excluding hydrogens is 292 g/mol. The lowest BCUT2D eigenvalue weighted by atomic mass is 10.0. The van der Waals surface area contributed by atoms with Crippen molar-refractivity contribution in [3.8, 4) is 0 Å². The van der Waals surface area contributed by atoms with E-state index in [-0.39, 0.29) is 11.8 Å². The SMILES string of the molecule is CCN(C(=O)C1(C(=O)N2CCOCC2)CC1)c1cccc(C)c1. The molecular formula is C18H24N2O3. The molecule has 1 saturated heterocycles. The molecule has 0 unspecified atom stereocenters. The fourth-order valence-electron chi connectivity index (χ4n) is 3.21. The molecule has 2 amide bonds. The Kier molecular flexibility index (Phi) is 4.39. The maximum atomic E-state index is 13.1. The predicted octanol–water partition coefficient (Wildman–Crippen LogP) is 1.99. The van der Waals surface area contributed by atoms with E-state index in [1.165, 1.54) is 0 Å². The zero-order valence-electron chi connectivity index (χ0n) is 13.9. The smallest absolute Gasteiger partial charge is 0.242 e. The van der Waals surface area contributed by atoms with Gasteiger partial charge in [0.15, 0.2) is 0 Å². The molecule has 5 heteroatoms. The number of hydrogen-bond donors (Lipinski definition) is 0. The van der Waals surface area contributed by atoms with E-state index in [0.717, 1.165) is 11.3 Å². The Labute approximate surface area is 137 Å². The Hall–Kier alpha value is -1.88. The van der Waals surface area contributed by atoms with Gasteiger partial charge in [-0.25, -0.2) is 0 Å². The molecule has 0 radical (unpaired) electrons. The van der Waals surface area contributed by atoms with Gasteiger partial charge in [-0.15, -0.1) is 0 Å². The van der Waals surface area contributed by atoms with Crippen LogP contribution >= 0.6 is 0 Å². The summed E-state index contributed by atoms with van der Waals surface area (Å²) in [6.07, 6.45) is 1.31. The molecule has 23 heavy (non-hydrogen) atoms. The summed E-state index contributed by atoms with van der Waals surface area (Å²) in [5.41, 5.74) is 1.15. The van der Waals surface area contributed by atoms with Gasteiger partial charge in [-0.1, -0.05) is 12.1 Å². The second kappa shape index (κ2) is 6.32. The van der Waals surface area contributed by atoms with Gasteiger partial charge in [0.05, 0.1) is 13.2 Å². The molecule has 0 N–H and O–H groups in total. The number of benzene rings is 1. The number of carbonyl (C=O) groups excluding carboxylic acids is 2. The van der Waals surface area contributed by atoms with Crippen LogP contribution < -0.4 is 4.90 Å². The van der Waals surface area contributed by atoms with E-state index >= 15 is 0 Å². The molecule has 0 atom stereocenters. The lowest BCUT2D eigenvalue weighted by molar-refractivity contribution is -0.146. The number of morpholine rings is 1. The standard InChI is InChI=1S/C18H24N2O3/c1-3-20(15-6-4-5-14(2)13-15)17(22)18(7-8-18)16(21)19-9-11-23-12-10-19/h4-6,13H,3,7-12H2,1-2H3. The summed E-state index contributed by atoms with van der Waals surface area (Å²) in [6.45, 7) is 6.83. The third-order valence-electron chi connectivity index (χ3n) is 4.74. The molecule has 2 fully saturated rings. The highest BCUT2D eigenvalue weighted by Crippen LogP contribution is 2.49. The summed E-state index contributed by atoms with van der Waals surface area (Å²) in [6, 6.07) is 7.89. The monoisotopic (exact) mass is 316 g/mol. The summed E-state index contributed by atoms with van der Waals surface area (Å²) in [7, 11) is 0.